The highest BCUT2D eigenvalue weighted by Crippen LogP contribution is 2.41. The van der Waals surface area contributed by atoms with Gasteiger partial charge in [0.05, 0.1) is 13.2 Å². The second kappa shape index (κ2) is 6.91. The van der Waals surface area contributed by atoms with Gasteiger partial charge >= 0.3 is 0 Å². The van der Waals surface area contributed by atoms with Crippen LogP contribution in [0, 0.1) is 0 Å². The third-order valence-corrected chi connectivity index (χ3v) is 6.47. The Morgan fingerprint density at radius 2 is 1.68 bits per heavy atom. The monoisotopic (exact) mass is 372 g/mol. The van der Waals surface area contributed by atoms with Gasteiger partial charge in [0.2, 0.25) is 0 Å². The van der Waals surface area contributed by atoms with E-state index in [1.54, 1.807) is 0 Å². The van der Waals surface area contributed by atoms with E-state index < -0.39 is 0 Å². The first-order chi connectivity index (χ1) is 13.6. The van der Waals surface area contributed by atoms with Crippen molar-refractivity contribution in [2.75, 3.05) is 44.8 Å². The lowest BCUT2D eigenvalue weighted by molar-refractivity contribution is 0.122. The Morgan fingerprint density at radius 3 is 2.50 bits per heavy atom. The van der Waals surface area contributed by atoms with E-state index in [2.05, 4.69) is 84.4 Å². The molecule has 0 aliphatic carbocycles. The number of benzene rings is 3. The summed E-state index contributed by atoms with van der Waals surface area (Å²) < 4.78 is 5.53. The first-order valence-corrected chi connectivity index (χ1v) is 10.3. The van der Waals surface area contributed by atoms with E-state index in [0.717, 1.165) is 39.4 Å². The number of hydrogen-bond donors (Lipinski definition) is 0. The molecular formula is C25H28N2O. The molecule has 0 bridgehead atoms. The largest absolute Gasteiger partial charge is 0.378 e. The first-order valence-electron chi connectivity index (χ1n) is 10.3. The van der Waals surface area contributed by atoms with Crippen LogP contribution in [0.25, 0.3) is 10.8 Å². The summed E-state index contributed by atoms with van der Waals surface area (Å²) in [6, 6.07) is 22.7. The Kier molecular flexibility index (Phi) is 4.37. The molecule has 0 N–H and O–H groups in total. The summed E-state index contributed by atoms with van der Waals surface area (Å²) >= 11 is 0. The fraction of sp³-hybridized carbons (Fsp3) is 0.360. The van der Waals surface area contributed by atoms with Crippen LogP contribution in [0.5, 0.6) is 0 Å². The van der Waals surface area contributed by atoms with Crippen molar-refractivity contribution in [1.82, 2.24) is 4.90 Å². The molecule has 0 spiro atoms. The Morgan fingerprint density at radius 1 is 0.893 bits per heavy atom. The number of nitrogens with zero attached hydrogens (tertiary/aromatic N) is 2. The molecule has 3 heteroatoms. The Hall–Kier alpha value is -2.36. The average Bonchev–Trinajstić information content (AvgIpc) is 2.73. The van der Waals surface area contributed by atoms with Crippen LogP contribution in [0.4, 0.5) is 5.69 Å². The smallest absolute Gasteiger partial charge is 0.0642 e. The highest BCUT2D eigenvalue weighted by molar-refractivity contribution is 5.83. The molecule has 3 aromatic rings. The summed E-state index contributed by atoms with van der Waals surface area (Å²) in [5.41, 5.74) is 5.65. The summed E-state index contributed by atoms with van der Waals surface area (Å²) in [5.74, 6) is 0. The predicted octanol–water partition coefficient (Wildman–Crippen LogP) is 4.43. The zero-order valence-electron chi connectivity index (χ0n) is 16.8. The molecule has 2 heterocycles. The molecule has 3 nitrogen and oxygen atoms in total. The van der Waals surface area contributed by atoms with Gasteiger partial charge in [-0.05, 0) is 46.6 Å². The third-order valence-electron chi connectivity index (χ3n) is 6.47. The van der Waals surface area contributed by atoms with E-state index in [1.807, 2.05) is 0 Å². The summed E-state index contributed by atoms with van der Waals surface area (Å²) in [5, 5.41) is 2.63. The minimum Gasteiger partial charge on any atom is -0.378 e. The number of morpholine rings is 1. The van der Waals surface area contributed by atoms with E-state index in [0.29, 0.717) is 0 Å². The van der Waals surface area contributed by atoms with Gasteiger partial charge in [-0.2, -0.15) is 0 Å². The number of anilines is 1. The van der Waals surface area contributed by atoms with Crippen molar-refractivity contribution in [2.24, 2.45) is 0 Å². The van der Waals surface area contributed by atoms with Crippen LogP contribution in [0.1, 0.15) is 23.6 Å². The molecule has 1 fully saturated rings. The second-order valence-corrected chi connectivity index (χ2v) is 8.51. The van der Waals surface area contributed by atoms with Crippen LogP contribution in [0.15, 0.2) is 60.7 Å². The zero-order valence-corrected chi connectivity index (χ0v) is 16.8. The van der Waals surface area contributed by atoms with Gasteiger partial charge in [-0.3, -0.25) is 0 Å². The number of rotatable bonds is 2. The van der Waals surface area contributed by atoms with Gasteiger partial charge in [0.15, 0.2) is 0 Å². The highest BCUT2D eigenvalue weighted by Gasteiger charge is 2.36. The standard InChI is InChI=1S/C25H28N2O/c1-25(22-8-7-19-5-3-4-6-20(19)15-22)18-26(2)17-21-16-23(9-10-24(21)25)27-11-13-28-14-12-27/h3-10,15-16H,11-14,17-18H2,1-2H3. The summed E-state index contributed by atoms with van der Waals surface area (Å²) in [7, 11) is 2.24. The molecule has 0 aromatic heterocycles. The van der Waals surface area contributed by atoms with Crippen LogP contribution >= 0.6 is 0 Å². The molecule has 0 amide bonds. The minimum absolute atomic E-state index is 0.00406. The molecule has 1 atom stereocenters. The number of likely N-dealkylation sites (N-methyl/N-ethyl adjacent to an activating group) is 1. The van der Waals surface area contributed by atoms with Crippen molar-refractivity contribution >= 4 is 16.5 Å². The normalized spacial score (nSPS) is 23.0. The molecule has 0 radical (unpaired) electrons. The molecule has 0 saturated carbocycles. The van der Waals surface area contributed by atoms with Gasteiger partial charge in [0.1, 0.15) is 0 Å². The molecule has 3 aromatic carbocycles. The van der Waals surface area contributed by atoms with Crippen molar-refractivity contribution in [1.29, 1.82) is 0 Å². The molecule has 144 valence electrons. The number of fused-ring (bicyclic) bond motifs is 2. The lowest BCUT2D eigenvalue weighted by atomic mass is 9.71. The van der Waals surface area contributed by atoms with Crippen LogP contribution in [0.3, 0.4) is 0 Å². The zero-order chi connectivity index (χ0) is 19.1. The molecule has 2 aliphatic heterocycles. The Bertz CT molecular complexity index is 1010. The van der Waals surface area contributed by atoms with E-state index in [1.165, 1.54) is 33.2 Å². The Labute approximate surface area is 167 Å². The van der Waals surface area contributed by atoms with Crippen LogP contribution < -0.4 is 4.90 Å². The maximum atomic E-state index is 5.53. The van der Waals surface area contributed by atoms with Gasteiger partial charge in [0, 0.05) is 37.3 Å². The minimum atomic E-state index is -0.00406. The van der Waals surface area contributed by atoms with E-state index in [-0.39, 0.29) is 5.41 Å². The van der Waals surface area contributed by atoms with Gasteiger partial charge in [-0.25, -0.2) is 0 Å². The van der Waals surface area contributed by atoms with E-state index >= 15 is 0 Å². The lowest BCUT2D eigenvalue weighted by Crippen LogP contribution is -2.43. The topological polar surface area (TPSA) is 15.7 Å². The molecule has 1 unspecified atom stereocenters. The summed E-state index contributed by atoms with van der Waals surface area (Å²) in [6.07, 6.45) is 0. The van der Waals surface area contributed by atoms with E-state index in [4.69, 9.17) is 4.74 Å². The maximum Gasteiger partial charge on any atom is 0.0642 e. The van der Waals surface area contributed by atoms with Gasteiger partial charge in [-0.1, -0.05) is 55.5 Å². The Balaban J connectivity index is 1.58. The quantitative estimate of drug-likeness (QED) is 0.662. The molecule has 5 rings (SSSR count). The molecule has 1 saturated heterocycles. The molecule has 28 heavy (non-hydrogen) atoms. The number of hydrogen-bond acceptors (Lipinski definition) is 3. The van der Waals surface area contributed by atoms with Crippen molar-refractivity contribution in [2.45, 2.75) is 18.9 Å². The van der Waals surface area contributed by atoms with Gasteiger partial charge in [0.25, 0.3) is 0 Å². The van der Waals surface area contributed by atoms with Crippen molar-refractivity contribution in [3.63, 3.8) is 0 Å². The molecular weight excluding hydrogens is 344 g/mol. The van der Waals surface area contributed by atoms with Crippen LogP contribution in [-0.2, 0) is 16.7 Å². The van der Waals surface area contributed by atoms with Crippen molar-refractivity contribution in [3.05, 3.63) is 77.4 Å². The first kappa shape index (κ1) is 17.7. The fourth-order valence-electron chi connectivity index (χ4n) is 5.02. The second-order valence-electron chi connectivity index (χ2n) is 8.51. The predicted molar refractivity (Wildman–Crippen MR) is 116 cm³/mol. The maximum absolute atomic E-state index is 5.53. The summed E-state index contributed by atoms with van der Waals surface area (Å²) in [6.45, 7) is 8.07. The van der Waals surface area contributed by atoms with Crippen molar-refractivity contribution in [3.8, 4) is 0 Å². The highest BCUT2D eigenvalue weighted by atomic mass is 16.5. The SMILES string of the molecule is CN1Cc2cc(N3CCOCC3)ccc2C(C)(c2ccc3ccccc3c2)C1. The third kappa shape index (κ3) is 2.99. The van der Waals surface area contributed by atoms with Gasteiger partial charge in [-0.15, -0.1) is 0 Å². The van der Waals surface area contributed by atoms with Crippen LogP contribution in [0.2, 0.25) is 0 Å². The summed E-state index contributed by atoms with van der Waals surface area (Å²) in [4.78, 5) is 4.91. The number of ether oxygens (including phenoxy) is 1. The van der Waals surface area contributed by atoms with Crippen LogP contribution in [-0.4, -0.2) is 44.8 Å². The lowest BCUT2D eigenvalue weighted by Gasteiger charge is -2.42. The van der Waals surface area contributed by atoms with Gasteiger partial charge < -0.3 is 14.5 Å². The average molecular weight is 373 g/mol. The van der Waals surface area contributed by atoms with Crippen molar-refractivity contribution < 1.29 is 4.74 Å². The molecule has 2 aliphatic rings. The van der Waals surface area contributed by atoms with E-state index in [9.17, 15) is 0 Å². The fourth-order valence-corrected chi connectivity index (χ4v) is 5.02.